The van der Waals surface area contributed by atoms with Crippen molar-refractivity contribution in [1.82, 2.24) is 9.97 Å². The average molecular weight is 438 g/mol. The smallest absolute Gasteiger partial charge is 0.260 e. The van der Waals surface area contributed by atoms with Crippen molar-refractivity contribution in [2.24, 2.45) is 0 Å². The summed E-state index contributed by atoms with van der Waals surface area (Å²) >= 11 is 1.55. The Bertz CT molecular complexity index is 1410. The molecule has 0 spiro atoms. The predicted octanol–water partition coefficient (Wildman–Crippen LogP) is 6.81. The second-order valence-corrected chi connectivity index (χ2v) is 9.13. The first kappa shape index (κ1) is 20.3. The Kier molecular flexibility index (Phi) is 5.41. The van der Waals surface area contributed by atoms with Gasteiger partial charge in [0.05, 0.1) is 22.5 Å². The van der Waals surface area contributed by atoms with Gasteiger partial charge in [0.25, 0.3) is 5.91 Å². The quantitative estimate of drug-likeness (QED) is 0.303. The van der Waals surface area contributed by atoms with E-state index in [1.807, 2.05) is 54.6 Å². The first-order valence-corrected chi connectivity index (χ1v) is 11.5. The van der Waals surface area contributed by atoms with Crippen LogP contribution in [0.25, 0.3) is 21.0 Å². The van der Waals surface area contributed by atoms with Crippen LogP contribution >= 0.6 is 11.3 Å². The summed E-state index contributed by atoms with van der Waals surface area (Å²) < 4.78 is 1.09. The van der Waals surface area contributed by atoms with Crippen LogP contribution in [0.3, 0.4) is 0 Å². The number of hydrogen-bond donors (Lipinski definition) is 0. The first-order valence-electron chi connectivity index (χ1n) is 10.7. The van der Waals surface area contributed by atoms with E-state index in [0.29, 0.717) is 23.2 Å². The van der Waals surface area contributed by atoms with Crippen LogP contribution in [0.2, 0.25) is 0 Å². The number of pyridine rings is 1. The van der Waals surface area contributed by atoms with Crippen molar-refractivity contribution in [3.05, 3.63) is 102 Å². The zero-order valence-corrected chi connectivity index (χ0v) is 18.8. The average Bonchev–Trinajstić information content (AvgIpc) is 3.26. The first-order chi connectivity index (χ1) is 15.6. The Morgan fingerprint density at radius 3 is 2.53 bits per heavy atom. The molecule has 0 aliphatic rings. The molecule has 0 saturated heterocycles. The number of anilines is 1. The number of amides is 1. The minimum atomic E-state index is -0.0773. The molecule has 4 nitrogen and oxygen atoms in total. The zero-order chi connectivity index (χ0) is 22.1. The molecule has 158 valence electrons. The Morgan fingerprint density at radius 1 is 0.938 bits per heavy atom. The molecular formula is C27H23N3OS. The minimum absolute atomic E-state index is 0.0773. The lowest BCUT2D eigenvalue weighted by Crippen LogP contribution is -2.30. The molecule has 0 bridgehead atoms. The lowest BCUT2D eigenvalue weighted by Gasteiger charge is -2.20. The van der Waals surface area contributed by atoms with E-state index < -0.39 is 0 Å². The summed E-state index contributed by atoms with van der Waals surface area (Å²) in [5, 5.41) is 2.85. The predicted molar refractivity (Wildman–Crippen MR) is 132 cm³/mol. The lowest BCUT2D eigenvalue weighted by molar-refractivity contribution is 0.0985. The maximum Gasteiger partial charge on any atom is 0.260 e. The van der Waals surface area contributed by atoms with Gasteiger partial charge in [-0.05, 0) is 52.6 Å². The zero-order valence-electron chi connectivity index (χ0n) is 18.0. The van der Waals surface area contributed by atoms with Crippen LogP contribution in [0, 0.1) is 0 Å². The highest BCUT2D eigenvalue weighted by atomic mass is 32.1. The van der Waals surface area contributed by atoms with Crippen LogP contribution in [-0.2, 0) is 6.54 Å². The van der Waals surface area contributed by atoms with Crippen molar-refractivity contribution in [3.8, 4) is 0 Å². The van der Waals surface area contributed by atoms with Crippen molar-refractivity contribution in [2.45, 2.75) is 26.3 Å². The van der Waals surface area contributed by atoms with Gasteiger partial charge in [0, 0.05) is 11.8 Å². The van der Waals surface area contributed by atoms with Crippen LogP contribution in [0.4, 0.5) is 5.13 Å². The van der Waals surface area contributed by atoms with Crippen molar-refractivity contribution in [3.63, 3.8) is 0 Å². The maximum absolute atomic E-state index is 13.8. The standard InChI is InChI=1S/C27H23N3OS/c1-18(2)23-11-7-12-24-25(23)29-27(32-24)30(17-22-10-5-6-15-28-22)26(31)21-14-13-19-8-3-4-9-20(19)16-21/h3-16,18H,17H2,1-2H3. The molecule has 0 unspecified atom stereocenters. The number of rotatable bonds is 5. The fourth-order valence-corrected chi connectivity index (χ4v) is 4.90. The second-order valence-electron chi connectivity index (χ2n) is 8.12. The SMILES string of the molecule is CC(C)c1cccc2sc(N(Cc3ccccn3)C(=O)c3ccc4ccccc4c3)nc12. The summed E-state index contributed by atoms with van der Waals surface area (Å²) in [5.74, 6) is 0.278. The molecule has 0 N–H and O–H groups in total. The molecule has 2 aromatic heterocycles. The molecule has 5 rings (SSSR count). The fourth-order valence-electron chi connectivity index (χ4n) is 3.90. The number of thiazole rings is 1. The van der Waals surface area contributed by atoms with Crippen LogP contribution < -0.4 is 4.90 Å². The van der Waals surface area contributed by atoms with Crippen molar-refractivity contribution in [2.75, 3.05) is 4.90 Å². The number of para-hydroxylation sites is 1. The summed E-state index contributed by atoms with van der Waals surface area (Å²) in [6.45, 7) is 4.70. The number of fused-ring (bicyclic) bond motifs is 2. The van der Waals surface area contributed by atoms with Crippen LogP contribution in [-0.4, -0.2) is 15.9 Å². The van der Waals surface area contributed by atoms with Crippen LogP contribution in [0.15, 0.2) is 85.1 Å². The van der Waals surface area contributed by atoms with Gasteiger partial charge in [-0.3, -0.25) is 14.7 Å². The maximum atomic E-state index is 13.8. The van der Waals surface area contributed by atoms with Crippen LogP contribution in [0.5, 0.6) is 0 Å². The van der Waals surface area contributed by atoms with E-state index in [1.165, 1.54) is 5.56 Å². The van der Waals surface area contributed by atoms with E-state index in [0.717, 1.165) is 26.7 Å². The van der Waals surface area contributed by atoms with Crippen molar-refractivity contribution in [1.29, 1.82) is 0 Å². The highest BCUT2D eigenvalue weighted by Gasteiger charge is 2.23. The number of nitrogens with zero attached hydrogens (tertiary/aromatic N) is 3. The van der Waals surface area contributed by atoms with Gasteiger partial charge in [-0.15, -0.1) is 0 Å². The molecule has 5 heteroatoms. The Morgan fingerprint density at radius 2 is 1.75 bits per heavy atom. The Labute approximate surface area is 191 Å². The van der Waals surface area contributed by atoms with Gasteiger partial charge in [-0.1, -0.05) is 73.7 Å². The number of carbonyl (C=O) groups is 1. The van der Waals surface area contributed by atoms with Crippen LogP contribution in [0.1, 0.15) is 41.4 Å². The van der Waals surface area contributed by atoms with Gasteiger partial charge in [0.2, 0.25) is 0 Å². The molecule has 0 radical (unpaired) electrons. The molecule has 2 heterocycles. The van der Waals surface area contributed by atoms with Gasteiger partial charge in [-0.2, -0.15) is 0 Å². The van der Waals surface area contributed by atoms with Gasteiger partial charge in [-0.25, -0.2) is 4.98 Å². The summed E-state index contributed by atoms with van der Waals surface area (Å²) in [7, 11) is 0. The number of hydrogen-bond acceptors (Lipinski definition) is 4. The molecule has 32 heavy (non-hydrogen) atoms. The van der Waals surface area contributed by atoms with Gasteiger partial charge in [0.1, 0.15) is 0 Å². The lowest BCUT2D eigenvalue weighted by atomic mass is 10.0. The largest absolute Gasteiger partial charge is 0.278 e. The topological polar surface area (TPSA) is 46.1 Å². The summed E-state index contributed by atoms with van der Waals surface area (Å²) in [5.41, 5.74) is 3.63. The molecule has 1 amide bonds. The van der Waals surface area contributed by atoms with Gasteiger partial charge < -0.3 is 0 Å². The third-order valence-corrected chi connectivity index (χ3v) is 6.62. The van der Waals surface area contributed by atoms with E-state index in [1.54, 1.807) is 22.4 Å². The number of aromatic nitrogens is 2. The highest BCUT2D eigenvalue weighted by molar-refractivity contribution is 7.22. The Hall–Kier alpha value is -3.57. The van der Waals surface area contributed by atoms with E-state index in [9.17, 15) is 4.79 Å². The molecule has 0 aliphatic carbocycles. The molecule has 0 aliphatic heterocycles. The molecular weight excluding hydrogens is 414 g/mol. The molecule has 0 saturated carbocycles. The minimum Gasteiger partial charge on any atom is -0.278 e. The van der Waals surface area contributed by atoms with Gasteiger partial charge >= 0.3 is 0 Å². The summed E-state index contributed by atoms with van der Waals surface area (Å²) in [4.78, 5) is 24.9. The third-order valence-electron chi connectivity index (χ3n) is 5.58. The number of carbonyl (C=O) groups excluding carboxylic acids is 1. The normalized spacial score (nSPS) is 11.3. The Balaban J connectivity index is 1.61. The van der Waals surface area contributed by atoms with Crippen molar-refractivity contribution < 1.29 is 4.79 Å². The molecule has 0 atom stereocenters. The second kappa shape index (κ2) is 8.52. The fraction of sp³-hybridized carbons (Fsp3) is 0.148. The van der Waals surface area contributed by atoms with E-state index in [4.69, 9.17) is 4.98 Å². The van der Waals surface area contributed by atoms with E-state index >= 15 is 0 Å². The molecule has 0 fully saturated rings. The molecule has 3 aromatic carbocycles. The van der Waals surface area contributed by atoms with E-state index in [2.05, 4.69) is 43.1 Å². The highest BCUT2D eigenvalue weighted by Crippen LogP contribution is 2.34. The number of benzene rings is 3. The molecule has 5 aromatic rings. The summed E-state index contributed by atoms with van der Waals surface area (Å²) in [6.07, 6.45) is 1.75. The summed E-state index contributed by atoms with van der Waals surface area (Å²) in [6, 6.07) is 25.9. The van der Waals surface area contributed by atoms with Gasteiger partial charge in [0.15, 0.2) is 5.13 Å². The van der Waals surface area contributed by atoms with E-state index in [-0.39, 0.29) is 5.91 Å². The third kappa shape index (κ3) is 3.87. The monoisotopic (exact) mass is 437 g/mol. The van der Waals surface area contributed by atoms with Crippen molar-refractivity contribution >= 4 is 43.4 Å².